The molecule has 0 saturated heterocycles. The van der Waals surface area contributed by atoms with Crippen molar-refractivity contribution in [2.45, 2.75) is 19.5 Å². The Balaban J connectivity index is 1.55. The molecule has 6 nitrogen and oxygen atoms in total. The summed E-state index contributed by atoms with van der Waals surface area (Å²) in [7, 11) is 1.60. The number of nitrogens with zero attached hydrogens (tertiary/aromatic N) is 3. The summed E-state index contributed by atoms with van der Waals surface area (Å²) in [6.07, 6.45) is 4.17. The predicted molar refractivity (Wildman–Crippen MR) is 120 cm³/mol. The van der Waals surface area contributed by atoms with Crippen LogP contribution in [0.4, 0.5) is 0 Å². The maximum atomic E-state index is 13.6. The van der Waals surface area contributed by atoms with Gasteiger partial charge in [-0.25, -0.2) is 0 Å². The average molecular weight is 425 g/mol. The summed E-state index contributed by atoms with van der Waals surface area (Å²) in [5, 5.41) is 0. The lowest BCUT2D eigenvalue weighted by molar-refractivity contribution is -0.138. The summed E-state index contributed by atoms with van der Waals surface area (Å²) in [4.78, 5) is 34.6. The largest absolute Gasteiger partial charge is 0.497 e. The topological polar surface area (TPSA) is 62.7 Å². The number of amides is 2. The standard InChI is InChI=1S/C26H23N3O3/c1-32-22-8-6-20(7-9-22)23-24(28-15-12-19-4-2-3-5-21(19)17-28)26(31)29(25(23)30)16-18-10-13-27-14-11-18/h2-11,13-14H,12,15-17H2,1H3. The molecule has 3 heterocycles. The molecule has 0 radical (unpaired) electrons. The molecule has 32 heavy (non-hydrogen) atoms. The number of fused-ring (bicyclic) bond motifs is 1. The number of pyridine rings is 1. The van der Waals surface area contributed by atoms with Crippen LogP contribution in [0.5, 0.6) is 5.75 Å². The van der Waals surface area contributed by atoms with Crippen molar-refractivity contribution < 1.29 is 14.3 Å². The minimum atomic E-state index is -0.272. The summed E-state index contributed by atoms with van der Waals surface area (Å²) >= 11 is 0. The number of carbonyl (C=O) groups excluding carboxylic acids is 2. The van der Waals surface area contributed by atoms with Gasteiger partial charge in [-0.15, -0.1) is 0 Å². The van der Waals surface area contributed by atoms with Crippen LogP contribution in [0.1, 0.15) is 22.3 Å². The number of methoxy groups -OCH3 is 1. The van der Waals surface area contributed by atoms with Crippen molar-refractivity contribution in [2.75, 3.05) is 13.7 Å². The molecule has 3 aromatic rings. The molecule has 2 aliphatic rings. The molecule has 6 heteroatoms. The van der Waals surface area contributed by atoms with Crippen molar-refractivity contribution in [3.63, 3.8) is 0 Å². The molecule has 0 aliphatic carbocycles. The Morgan fingerprint density at radius 2 is 1.62 bits per heavy atom. The molecule has 0 atom stereocenters. The van der Waals surface area contributed by atoms with Crippen LogP contribution in [0.3, 0.4) is 0 Å². The number of ether oxygens (including phenoxy) is 1. The zero-order valence-corrected chi connectivity index (χ0v) is 17.8. The number of hydrogen-bond acceptors (Lipinski definition) is 5. The van der Waals surface area contributed by atoms with Crippen LogP contribution in [0.15, 0.2) is 78.8 Å². The number of hydrogen-bond donors (Lipinski definition) is 0. The fourth-order valence-corrected chi connectivity index (χ4v) is 4.38. The van der Waals surface area contributed by atoms with Gasteiger partial charge in [-0.3, -0.25) is 19.5 Å². The zero-order chi connectivity index (χ0) is 22.1. The lowest BCUT2D eigenvalue weighted by Gasteiger charge is -2.31. The van der Waals surface area contributed by atoms with Crippen LogP contribution in [0, 0.1) is 0 Å². The molecule has 0 bridgehead atoms. The average Bonchev–Trinajstić information content (AvgIpc) is 3.09. The molecule has 5 rings (SSSR count). The van der Waals surface area contributed by atoms with E-state index in [0.29, 0.717) is 30.1 Å². The quantitative estimate of drug-likeness (QED) is 0.586. The van der Waals surface area contributed by atoms with Gasteiger partial charge in [0.1, 0.15) is 11.4 Å². The van der Waals surface area contributed by atoms with E-state index in [1.165, 1.54) is 16.0 Å². The summed E-state index contributed by atoms with van der Waals surface area (Å²) in [6.45, 7) is 1.51. The van der Waals surface area contributed by atoms with Gasteiger partial charge < -0.3 is 9.64 Å². The first-order valence-corrected chi connectivity index (χ1v) is 10.6. The monoisotopic (exact) mass is 425 g/mol. The number of benzene rings is 2. The highest BCUT2D eigenvalue weighted by molar-refractivity contribution is 6.35. The molecule has 0 fully saturated rings. The third kappa shape index (κ3) is 3.54. The second-order valence-corrected chi connectivity index (χ2v) is 7.94. The Hall–Kier alpha value is -3.93. The van der Waals surface area contributed by atoms with Gasteiger partial charge >= 0.3 is 0 Å². The van der Waals surface area contributed by atoms with Gasteiger partial charge in [0.05, 0.1) is 19.2 Å². The first kappa shape index (κ1) is 20.0. The third-order valence-corrected chi connectivity index (χ3v) is 6.06. The highest BCUT2D eigenvalue weighted by Crippen LogP contribution is 2.35. The van der Waals surface area contributed by atoms with Gasteiger partial charge in [0, 0.05) is 25.5 Å². The number of aromatic nitrogens is 1. The Morgan fingerprint density at radius 3 is 2.34 bits per heavy atom. The molecular formula is C26H23N3O3. The fourth-order valence-electron chi connectivity index (χ4n) is 4.38. The molecule has 2 aromatic carbocycles. The highest BCUT2D eigenvalue weighted by Gasteiger charge is 2.42. The van der Waals surface area contributed by atoms with Gasteiger partial charge in [0.25, 0.3) is 11.8 Å². The van der Waals surface area contributed by atoms with E-state index in [1.54, 1.807) is 19.5 Å². The molecule has 1 aromatic heterocycles. The van der Waals surface area contributed by atoms with Gasteiger partial charge in [-0.2, -0.15) is 0 Å². The molecule has 160 valence electrons. The van der Waals surface area contributed by atoms with Crippen molar-refractivity contribution in [1.29, 1.82) is 0 Å². The minimum absolute atomic E-state index is 0.216. The number of imide groups is 1. The summed E-state index contributed by atoms with van der Waals surface area (Å²) in [5.41, 5.74) is 4.99. The maximum absolute atomic E-state index is 13.6. The van der Waals surface area contributed by atoms with E-state index < -0.39 is 0 Å². The van der Waals surface area contributed by atoms with Crippen LogP contribution in [0.25, 0.3) is 5.57 Å². The third-order valence-electron chi connectivity index (χ3n) is 6.06. The van der Waals surface area contributed by atoms with Crippen LogP contribution in [-0.2, 0) is 29.1 Å². The molecule has 0 N–H and O–H groups in total. The van der Waals surface area contributed by atoms with E-state index in [9.17, 15) is 9.59 Å². The van der Waals surface area contributed by atoms with Crippen molar-refractivity contribution in [3.05, 3.63) is 101 Å². The first-order valence-electron chi connectivity index (χ1n) is 10.6. The van der Waals surface area contributed by atoms with E-state index in [-0.39, 0.29) is 18.4 Å². The van der Waals surface area contributed by atoms with Crippen LogP contribution >= 0.6 is 0 Å². The van der Waals surface area contributed by atoms with Crippen molar-refractivity contribution in [2.24, 2.45) is 0 Å². The Morgan fingerprint density at radius 1 is 0.906 bits per heavy atom. The van der Waals surface area contributed by atoms with E-state index >= 15 is 0 Å². The lowest BCUT2D eigenvalue weighted by atomic mass is 9.98. The van der Waals surface area contributed by atoms with Gasteiger partial charge in [0.15, 0.2) is 0 Å². The fraction of sp³-hybridized carbons (Fsp3) is 0.192. The Labute approximate surface area is 186 Å². The number of rotatable bonds is 5. The molecule has 0 spiro atoms. The van der Waals surface area contributed by atoms with Crippen LogP contribution in [0.2, 0.25) is 0 Å². The first-order chi connectivity index (χ1) is 15.7. The Kier molecular flexibility index (Phi) is 5.19. The second kappa shape index (κ2) is 8.30. The summed E-state index contributed by atoms with van der Waals surface area (Å²) in [6, 6.07) is 19.2. The minimum Gasteiger partial charge on any atom is -0.497 e. The van der Waals surface area contributed by atoms with E-state index in [2.05, 4.69) is 22.0 Å². The second-order valence-electron chi connectivity index (χ2n) is 7.94. The van der Waals surface area contributed by atoms with Crippen molar-refractivity contribution in [1.82, 2.24) is 14.8 Å². The SMILES string of the molecule is COc1ccc(C2=C(N3CCc4ccccc4C3)C(=O)N(Cc3ccncc3)C2=O)cc1. The highest BCUT2D eigenvalue weighted by atomic mass is 16.5. The van der Waals surface area contributed by atoms with E-state index in [4.69, 9.17) is 4.74 Å². The van der Waals surface area contributed by atoms with Gasteiger partial charge in [0.2, 0.25) is 0 Å². The van der Waals surface area contributed by atoms with Crippen molar-refractivity contribution >= 4 is 17.4 Å². The summed E-state index contributed by atoms with van der Waals surface area (Å²) in [5.74, 6) is 0.177. The normalized spacial score (nSPS) is 15.9. The van der Waals surface area contributed by atoms with Crippen LogP contribution in [-0.4, -0.2) is 40.3 Å². The number of carbonyl (C=O) groups is 2. The molecule has 2 amide bonds. The predicted octanol–water partition coefficient (Wildman–Crippen LogP) is 3.43. The van der Waals surface area contributed by atoms with Crippen LogP contribution < -0.4 is 4.74 Å². The molecular weight excluding hydrogens is 402 g/mol. The van der Waals surface area contributed by atoms with E-state index in [1.807, 2.05) is 48.5 Å². The zero-order valence-electron chi connectivity index (χ0n) is 17.8. The molecule has 0 unspecified atom stereocenters. The van der Waals surface area contributed by atoms with E-state index in [0.717, 1.165) is 17.5 Å². The van der Waals surface area contributed by atoms with Gasteiger partial charge in [-0.05, 0) is 52.9 Å². The lowest BCUT2D eigenvalue weighted by Crippen LogP contribution is -2.37. The molecule has 2 aliphatic heterocycles. The summed E-state index contributed by atoms with van der Waals surface area (Å²) < 4.78 is 5.27. The smallest absolute Gasteiger partial charge is 0.278 e. The maximum Gasteiger partial charge on any atom is 0.278 e. The van der Waals surface area contributed by atoms with Crippen molar-refractivity contribution in [3.8, 4) is 5.75 Å². The Bertz CT molecular complexity index is 1200. The van der Waals surface area contributed by atoms with Gasteiger partial charge in [-0.1, -0.05) is 36.4 Å². The molecule has 0 saturated carbocycles.